The number of aromatic nitrogens is 2. The molecule has 1 amide bonds. The SMILES string of the molecule is COC(=O)c1ncn(C2CCCN(C(=O)O)C2)c1-c1ccccc1. The number of methoxy groups -OCH3 is 1. The lowest BCUT2D eigenvalue weighted by Crippen LogP contribution is -2.39. The maximum atomic E-state index is 12.1. The van der Waals surface area contributed by atoms with Crippen LogP contribution in [0.25, 0.3) is 11.3 Å². The van der Waals surface area contributed by atoms with E-state index in [2.05, 4.69) is 4.98 Å². The molecule has 24 heavy (non-hydrogen) atoms. The van der Waals surface area contributed by atoms with E-state index in [0.717, 1.165) is 18.4 Å². The highest BCUT2D eigenvalue weighted by molar-refractivity contribution is 5.94. The van der Waals surface area contributed by atoms with Gasteiger partial charge in [0.05, 0.1) is 25.2 Å². The van der Waals surface area contributed by atoms with Crippen molar-refractivity contribution in [2.24, 2.45) is 0 Å². The van der Waals surface area contributed by atoms with Gasteiger partial charge in [-0.25, -0.2) is 14.6 Å². The summed E-state index contributed by atoms with van der Waals surface area (Å²) in [5.41, 5.74) is 1.76. The number of carbonyl (C=O) groups is 2. The van der Waals surface area contributed by atoms with E-state index < -0.39 is 12.1 Å². The van der Waals surface area contributed by atoms with Crippen molar-refractivity contribution in [3.05, 3.63) is 42.4 Å². The molecule has 1 saturated heterocycles. The maximum Gasteiger partial charge on any atom is 0.407 e. The molecule has 2 heterocycles. The van der Waals surface area contributed by atoms with Crippen LogP contribution in [0, 0.1) is 0 Å². The van der Waals surface area contributed by atoms with Gasteiger partial charge in [-0.15, -0.1) is 0 Å². The van der Waals surface area contributed by atoms with Crippen molar-refractivity contribution in [2.45, 2.75) is 18.9 Å². The van der Waals surface area contributed by atoms with Gasteiger partial charge in [-0.1, -0.05) is 30.3 Å². The lowest BCUT2D eigenvalue weighted by atomic mass is 10.0. The van der Waals surface area contributed by atoms with Crippen molar-refractivity contribution in [1.29, 1.82) is 0 Å². The molecule has 7 nitrogen and oxygen atoms in total. The van der Waals surface area contributed by atoms with Gasteiger partial charge in [-0.2, -0.15) is 0 Å². The van der Waals surface area contributed by atoms with Crippen molar-refractivity contribution in [3.63, 3.8) is 0 Å². The van der Waals surface area contributed by atoms with Gasteiger partial charge in [0.2, 0.25) is 0 Å². The molecule has 0 aliphatic carbocycles. The Morgan fingerprint density at radius 1 is 1.29 bits per heavy atom. The fraction of sp³-hybridized carbons (Fsp3) is 0.353. The van der Waals surface area contributed by atoms with Crippen molar-refractivity contribution in [3.8, 4) is 11.3 Å². The molecule has 7 heteroatoms. The van der Waals surface area contributed by atoms with Crippen LogP contribution in [0.1, 0.15) is 29.4 Å². The predicted molar refractivity (Wildman–Crippen MR) is 86.9 cm³/mol. The Bertz CT molecular complexity index is 742. The minimum Gasteiger partial charge on any atom is -0.465 e. The molecule has 1 N–H and O–H groups in total. The van der Waals surface area contributed by atoms with E-state index in [1.165, 1.54) is 12.0 Å². The van der Waals surface area contributed by atoms with Crippen LogP contribution in [-0.4, -0.2) is 51.8 Å². The second-order valence-electron chi connectivity index (χ2n) is 5.73. The summed E-state index contributed by atoms with van der Waals surface area (Å²) in [6.45, 7) is 0.914. The number of ether oxygens (including phenoxy) is 1. The lowest BCUT2D eigenvalue weighted by Gasteiger charge is -2.32. The van der Waals surface area contributed by atoms with E-state index in [0.29, 0.717) is 18.8 Å². The van der Waals surface area contributed by atoms with Gasteiger partial charge < -0.3 is 19.3 Å². The van der Waals surface area contributed by atoms with Crippen LogP contribution in [0.4, 0.5) is 4.79 Å². The Morgan fingerprint density at radius 3 is 2.71 bits per heavy atom. The molecule has 0 radical (unpaired) electrons. The highest BCUT2D eigenvalue weighted by atomic mass is 16.5. The largest absolute Gasteiger partial charge is 0.465 e. The van der Waals surface area contributed by atoms with Crippen molar-refractivity contribution >= 4 is 12.1 Å². The molecule has 1 aromatic heterocycles. The summed E-state index contributed by atoms with van der Waals surface area (Å²) >= 11 is 0. The van der Waals surface area contributed by atoms with E-state index in [-0.39, 0.29) is 11.7 Å². The summed E-state index contributed by atoms with van der Waals surface area (Å²) < 4.78 is 6.74. The molecule has 0 saturated carbocycles. The molecule has 1 atom stereocenters. The summed E-state index contributed by atoms with van der Waals surface area (Å²) in [5.74, 6) is -0.501. The standard InChI is InChI=1S/C17H19N3O4/c1-24-16(21)14-15(12-6-3-2-4-7-12)20(11-18-14)13-8-5-9-19(10-13)17(22)23/h2-4,6-7,11,13H,5,8-10H2,1H3,(H,22,23). The number of esters is 1. The Labute approximate surface area is 139 Å². The van der Waals surface area contributed by atoms with Crippen molar-refractivity contribution in [1.82, 2.24) is 14.5 Å². The lowest BCUT2D eigenvalue weighted by molar-refractivity contribution is 0.0595. The third-order valence-corrected chi connectivity index (χ3v) is 4.28. The average Bonchev–Trinajstić information content (AvgIpc) is 3.07. The fourth-order valence-corrected chi connectivity index (χ4v) is 3.12. The third-order valence-electron chi connectivity index (χ3n) is 4.28. The zero-order chi connectivity index (χ0) is 17.1. The highest BCUT2D eigenvalue weighted by Gasteiger charge is 2.29. The summed E-state index contributed by atoms with van der Waals surface area (Å²) in [5, 5.41) is 9.25. The van der Waals surface area contributed by atoms with Crippen LogP contribution in [0.5, 0.6) is 0 Å². The van der Waals surface area contributed by atoms with Crippen LogP contribution in [0.15, 0.2) is 36.7 Å². The van der Waals surface area contributed by atoms with E-state index in [1.807, 2.05) is 34.9 Å². The molecule has 1 aliphatic rings. The van der Waals surface area contributed by atoms with Crippen LogP contribution >= 0.6 is 0 Å². The first-order chi connectivity index (χ1) is 11.6. The molecule has 1 aliphatic heterocycles. The first-order valence-corrected chi connectivity index (χ1v) is 7.80. The quantitative estimate of drug-likeness (QED) is 0.875. The summed E-state index contributed by atoms with van der Waals surface area (Å²) in [4.78, 5) is 29.0. The number of benzene rings is 1. The number of carboxylic acid groups (broad SMARTS) is 1. The Morgan fingerprint density at radius 2 is 2.04 bits per heavy atom. The van der Waals surface area contributed by atoms with Crippen molar-refractivity contribution < 1.29 is 19.4 Å². The zero-order valence-corrected chi connectivity index (χ0v) is 13.4. The van der Waals surface area contributed by atoms with E-state index >= 15 is 0 Å². The van der Waals surface area contributed by atoms with Gasteiger partial charge in [0, 0.05) is 18.7 Å². The molecule has 1 aromatic carbocycles. The Kier molecular flexibility index (Phi) is 4.50. The van der Waals surface area contributed by atoms with E-state index in [1.54, 1.807) is 6.33 Å². The van der Waals surface area contributed by atoms with Crippen LogP contribution in [0.3, 0.4) is 0 Å². The average molecular weight is 329 g/mol. The molecule has 1 unspecified atom stereocenters. The third kappa shape index (κ3) is 2.97. The number of amides is 1. The summed E-state index contributed by atoms with van der Waals surface area (Å²) in [6.07, 6.45) is 2.29. The number of piperidine rings is 1. The first-order valence-electron chi connectivity index (χ1n) is 7.80. The molecule has 0 spiro atoms. The number of nitrogens with zero attached hydrogens (tertiary/aromatic N) is 3. The minimum atomic E-state index is -0.922. The van der Waals surface area contributed by atoms with Gasteiger partial charge in [-0.3, -0.25) is 0 Å². The number of hydrogen-bond donors (Lipinski definition) is 1. The second-order valence-corrected chi connectivity index (χ2v) is 5.73. The molecule has 3 rings (SSSR count). The Balaban J connectivity index is 2.03. The molecular formula is C17H19N3O4. The number of imidazole rings is 1. The number of rotatable bonds is 3. The molecule has 0 bridgehead atoms. The smallest absolute Gasteiger partial charge is 0.407 e. The van der Waals surface area contributed by atoms with Gasteiger partial charge in [0.1, 0.15) is 0 Å². The first kappa shape index (κ1) is 16.0. The van der Waals surface area contributed by atoms with Gasteiger partial charge in [-0.05, 0) is 12.8 Å². The topological polar surface area (TPSA) is 84.7 Å². The molecule has 2 aromatic rings. The molecule has 1 fully saturated rings. The highest BCUT2D eigenvalue weighted by Crippen LogP contribution is 2.31. The van der Waals surface area contributed by atoms with Gasteiger partial charge in [0.25, 0.3) is 0 Å². The van der Waals surface area contributed by atoms with Crippen molar-refractivity contribution in [2.75, 3.05) is 20.2 Å². The summed E-state index contributed by atoms with van der Waals surface area (Å²) in [7, 11) is 1.32. The van der Waals surface area contributed by atoms with Gasteiger partial charge in [0.15, 0.2) is 5.69 Å². The maximum absolute atomic E-state index is 12.1. The van der Waals surface area contributed by atoms with E-state index in [9.17, 15) is 14.7 Å². The van der Waals surface area contributed by atoms with Crippen LogP contribution < -0.4 is 0 Å². The fourth-order valence-electron chi connectivity index (χ4n) is 3.12. The second kappa shape index (κ2) is 6.74. The number of likely N-dealkylation sites (tertiary alicyclic amines) is 1. The zero-order valence-electron chi connectivity index (χ0n) is 13.4. The number of carbonyl (C=O) groups excluding carboxylic acids is 1. The molecular weight excluding hydrogens is 310 g/mol. The molecule has 126 valence electrons. The Hall–Kier alpha value is -2.83. The summed E-state index contributed by atoms with van der Waals surface area (Å²) in [6, 6.07) is 9.41. The van der Waals surface area contributed by atoms with Gasteiger partial charge >= 0.3 is 12.1 Å². The normalized spacial score (nSPS) is 17.5. The number of hydrogen-bond acceptors (Lipinski definition) is 4. The van der Waals surface area contributed by atoms with Crippen LogP contribution in [0.2, 0.25) is 0 Å². The minimum absolute atomic E-state index is 0.0593. The van der Waals surface area contributed by atoms with E-state index in [4.69, 9.17) is 4.74 Å². The predicted octanol–water partition coefficient (Wildman–Crippen LogP) is 2.65. The van der Waals surface area contributed by atoms with Crippen LogP contribution in [-0.2, 0) is 4.74 Å². The monoisotopic (exact) mass is 329 g/mol.